The van der Waals surface area contributed by atoms with Gasteiger partial charge in [0.2, 0.25) is 0 Å². The van der Waals surface area contributed by atoms with Gasteiger partial charge in [-0.15, -0.1) is 0 Å². The van der Waals surface area contributed by atoms with Crippen molar-refractivity contribution in [2.75, 3.05) is 4.72 Å². The van der Waals surface area contributed by atoms with Gasteiger partial charge in [0.15, 0.2) is 11.5 Å². The SMILES string of the molecule is CC(=O)c1cccc(NS(=O)c2cc(Cl)c(Oc3ccc([N+](=O)[O-])cc3Cl)c(Cl)c2)c1. The van der Waals surface area contributed by atoms with E-state index < -0.39 is 15.9 Å². The van der Waals surface area contributed by atoms with Gasteiger partial charge in [-0.25, -0.2) is 4.21 Å². The maximum absolute atomic E-state index is 12.7. The molecule has 0 amide bonds. The van der Waals surface area contributed by atoms with Crippen LogP contribution in [0.25, 0.3) is 0 Å². The zero-order valence-electron chi connectivity index (χ0n) is 15.7. The largest absolute Gasteiger partial charge is 0.453 e. The molecule has 0 saturated heterocycles. The molecule has 3 aromatic carbocycles. The maximum Gasteiger partial charge on any atom is 0.271 e. The van der Waals surface area contributed by atoms with Gasteiger partial charge in [0.25, 0.3) is 5.69 Å². The molecule has 1 atom stereocenters. The second-order valence-electron chi connectivity index (χ2n) is 6.20. The van der Waals surface area contributed by atoms with Crippen LogP contribution in [0.5, 0.6) is 11.5 Å². The number of hydrogen-bond acceptors (Lipinski definition) is 5. The molecule has 0 fully saturated rings. The van der Waals surface area contributed by atoms with Crippen molar-refractivity contribution in [2.24, 2.45) is 0 Å². The first-order valence-corrected chi connectivity index (χ1v) is 10.8. The highest BCUT2D eigenvalue weighted by molar-refractivity contribution is 7.86. The normalized spacial score (nSPS) is 11.6. The summed E-state index contributed by atoms with van der Waals surface area (Å²) in [7, 11) is -1.73. The fourth-order valence-corrected chi connectivity index (χ4v) is 4.32. The van der Waals surface area contributed by atoms with Crippen LogP contribution in [0.15, 0.2) is 59.5 Å². The molecule has 11 heteroatoms. The number of nitro groups is 1. The molecular weight excluding hydrogens is 487 g/mol. The number of rotatable bonds is 7. The van der Waals surface area contributed by atoms with Crippen LogP contribution >= 0.6 is 34.8 Å². The monoisotopic (exact) mass is 498 g/mol. The van der Waals surface area contributed by atoms with Gasteiger partial charge in [0, 0.05) is 23.4 Å². The number of carbonyl (C=O) groups excluding carboxylic acids is 1. The number of benzene rings is 3. The number of hydrogen-bond donors (Lipinski definition) is 1. The highest BCUT2D eigenvalue weighted by Gasteiger charge is 2.17. The van der Waals surface area contributed by atoms with Crippen molar-refractivity contribution in [2.45, 2.75) is 11.8 Å². The summed E-state index contributed by atoms with van der Waals surface area (Å²) >= 11 is 18.6. The number of ether oxygens (including phenoxy) is 1. The number of ketones is 1. The van der Waals surface area contributed by atoms with Gasteiger partial charge in [-0.2, -0.15) is 0 Å². The fourth-order valence-electron chi connectivity index (χ4n) is 2.50. The second kappa shape index (κ2) is 9.65. The quantitative estimate of drug-likeness (QED) is 0.222. The molecule has 7 nitrogen and oxygen atoms in total. The fraction of sp³-hybridized carbons (Fsp3) is 0.0500. The highest BCUT2D eigenvalue weighted by atomic mass is 35.5. The number of anilines is 1. The van der Waals surface area contributed by atoms with Crippen molar-refractivity contribution in [3.8, 4) is 11.5 Å². The van der Waals surface area contributed by atoms with E-state index in [1.54, 1.807) is 24.3 Å². The number of nitrogens with zero attached hydrogens (tertiary/aromatic N) is 1. The van der Waals surface area contributed by atoms with Crippen LogP contribution in [-0.2, 0) is 11.0 Å². The van der Waals surface area contributed by atoms with Gasteiger partial charge in [-0.3, -0.25) is 14.9 Å². The number of Topliss-reactive ketones (excluding diaryl/α,β-unsaturated/α-hetero) is 1. The molecule has 0 aliphatic heterocycles. The summed E-state index contributed by atoms with van der Waals surface area (Å²) in [5.74, 6) is 0.0504. The van der Waals surface area contributed by atoms with Crippen molar-refractivity contribution < 1.29 is 18.7 Å². The Balaban J connectivity index is 1.83. The van der Waals surface area contributed by atoms with Gasteiger partial charge in [-0.05, 0) is 37.3 Å². The Labute approximate surface area is 194 Å². The molecule has 0 aliphatic rings. The van der Waals surface area contributed by atoms with Crippen molar-refractivity contribution >= 4 is 62.9 Å². The summed E-state index contributed by atoms with van der Waals surface area (Å²) in [5, 5.41) is 10.9. The van der Waals surface area contributed by atoms with Crippen LogP contribution in [0.2, 0.25) is 15.1 Å². The number of nitrogens with one attached hydrogen (secondary N) is 1. The lowest BCUT2D eigenvalue weighted by atomic mass is 10.1. The van der Waals surface area contributed by atoms with Crippen molar-refractivity contribution in [3.63, 3.8) is 0 Å². The van der Waals surface area contributed by atoms with E-state index in [0.717, 1.165) is 6.07 Å². The first kappa shape index (κ1) is 23.0. The Bertz CT molecular complexity index is 1200. The number of nitro benzene ring substituents is 1. The molecule has 1 N–H and O–H groups in total. The third kappa shape index (κ3) is 5.54. The third-order valence-electron chi connectivity index (χ3n) is 4.00. The van der Waals surface area contributed by atoms with Crippen molar-refractivity contribution in [1.29, 1.82) is 0 Å². The molecule has 0 saturated carbocycles. The standard InChI is InChI=1S/C20H13Cl3N2O5S/c1-11(26)12-3-2-4-13(7-12)24-31(29)15-9-17(22)20(18(23)10-15)30-19-6-5-14(25(27)28)8-16(19)21/h2-10,24H,1H3. The predicted octanol–water partition coefficient (Wildman–Crippen LogP) is 6.68. The molecule has 0 spiro atoms. The Morgan fingerprint density at radius 1 is 1.03 bits per heavy atom. The predicted molar refractivity (Wildman–Crippen MR) is 121 cm³/mol. The maximum atomic E-state index is 12.7. The summed E-state index contributed by atoms with van der Waals surface area (Å²) in [4.78, 5) is 22.0. The first-order chi connectivity index (χ1) is 14.7. The molecule has 0 bridgehead atoms. The third-order valence-corrected chi connectivity index (χ3v) is 5.95. The molecule has 0 radical (unpaired) electrons. The summed E-state index contributed by atoms with van der Waals surface area (Å²) in [6.45, 7) is 1.44. The molecule has 1 unspecified atom stereocenters. The van der Waals surface area contributed by atoms with Crippen LogP contribution in [0.1, 0.15) is 17.3 Å². The lowest BCUT2D eigenvalue weighted by molar-refractivity contribution is -0.384. The first-order valence-electron chi connectivity index (χ1n) is 8.56. The minimum absolute atomic E-state index is 0.000932. The molecular formula is C20H13Cl3N2O5S. The minimum Gasteiger partial charge on any atom is -0.453 e. The smallest absolute Gasteiger partial charge is 0.271 e. The Morgan fingerprint density at radius 3 is 2.29 bits per heavy atom. The zero-order chi connectivity index (χ0) is 22.7. The van der Waals surface area contributed by atoms with E-state index in [1.165, 1.54) is 31.2 Å². The van der Waals surface area contributed by atoms with Crippen LogP contribution in [0.4, 0.5) is 11.4 Å². The summed E-state index contributed by atoms with van der Waals surface area (Å²) in [6, 6.07) is 13.1. The molecule has 0 aliphatic carbocycles. The highest BCUT2D eigenvalue weighted by Crippen LogP contribution is 2.41. The van der Waals surface area contributed by atoms with Gasteiger partial charge in [0.05, 0.1) is 24.9 Å². The van der Waals surface area contributed by atoms with E-state index in [9.17, 15) is 19.1 Å². The molecule has 160 valence electrons. The van der Waals surface area contributed by atoms with E-state index in [4.69, 9.17) is 39.5 Å². The van der Waals surface area contributed by atoms with Gasteiger partial charge in [0.1, 0.15) is 16.7 Å². The van der Waals surface area contributed by atoms with E-state index in [-0.39, 0.29) is 42.9 Å². The van der Waals surface area contributed by atoms with E-state index >= 15 is 0 Å². The minimum atomic E-state index is -1.73. The number of non-ortho nitro benzene ring substituents is 1. The number of carbonyl (C=O) groups is 1. The van der Waals surface area contributed by atoms with Gasteiger partial charge >= 0.3 is 0 Å². The summed E-state index contributed by atoms with van der Waals surface area (Å²) < 4.78 is 21.1. The lowest BCUT2D eigenvalue weighted by Gasteiger charge is -2.13. The van der Waals surface area contributed by atoms with E-state index in [2.05, 4.69) is 4.72 Å². The van der Waals surface area contributed by atoms with Gasteiger partial charge in [-0.1, -0.05) is 46.9 Å². The summed E-state index contributed by atoms with van der Waals surface area (Å²) in [6.07, 6.45) is 0. The van der Waals surface area contributed by atoms with Crippen LogP contribution < -0.4 is 9.46 Å². The Kier molecular flexibility index (Phi) is 7.17. The zero-order valence-corrected chi connectivity index (χ0v) is 18.8. The molecule has 3 rings (SSSR count). The van der Waals surface area contributed by atoms with Crippen LogP contribution in [0, 0.1) is 10.1 Å². The van der Waals surface area contributed by atoms with Crippen molar-refractivity contribution in [3.05, 3.63) is 85.3 Å². The molecule has 31 heavy (non-hydrogen) atoms. The Morgan fingerprint density at radius 2 is 1.71 bits per heavy atom. The summed E-state index contributed by atoms with van der Waals surface area (Å²) in [5.41, 5.74) is 0.762. The number of halogens is 3. The van der Waals surface area contributed by atoms with Crippen LogP contribution in [-0.4, -0.2) is 14.9 Å². The van der Waals surface area contributed by atoms with Crippen LogP contribution in [0.3, 0.4) is 0 Å². The van der Waals surface area contributed by atoms with E-state index in [0.29, 0.717) is 11.3 Å². The lowest BCUT2D eigenvalue weighted by Crippen LogP contribution is -2.06. The Hall–Kier alpha value is -2.65. The second-order valence-corrected chi connectivity index (χ2v) is 8.63. The topological polar surface area (TPSA) is 98.5 Å². The van der Waals surface area contributed by atoms with Crippen molar-refractivity contribution in [1.82, 2.24) is 0 Å². The molecule has 3 aromatic rings. The molecule has 0 heterocycles. The molecule has 0 aromatic heterocycles. The average molecular weight is 500 g/mol. The van der Waals surface area contributed by atoms with Gasteiger partial charge < -0.3 is 9.46 Å². The average Bonchev–Trinajstić information content (AvgIpc) is 2.71. The van der Waals surface area contributed by atoms with E-state index in [1.807, 2.05) is 0 Å².